The molecular weight excluding hydrogens is 426 g/mol. The molecule has 2 aromatic rings. The van der Waals surface area contributed by atoms with Gasteiger partial charge in [-0.05, 0) is 50.3 Å². The van der Waals surface area contributed by atoms with E-state index < -0.39 is 5.54 Å². The second-order valence-electron chi connectivity index (χ2n) is 10.4. The summed E-state index contributed by atoms with van der Waals surface area (Å²) in [4.78, 5) is 29.6. The molecule has 3 aliphatic rings. The van der Waals surface area contributed by atoms with Crippen molar-refractivity contribution in [1.29, 1.82) is 0 Å². The molecule has 2 fully saturated rings. The quantitative estimate of drug-likeness (QED) is 0.694. The Kier molecular flexibility index (Phi) is 6.77. The number of hydrogen-bond donors (Lipinski definition) is 1. The monoisotopic (exact) mass is 463 g/mol. The van der Waals surface area contributed by atoms with Crippen LogP contribution in [0.2, 0.25) is 0 Å². The Labute approximate surface area is 202 Å². The second-order valence-corrected chi connectivity index (χ2v) is 10.4. The van der Waals surface area contributed by atoms with Crippen molar-refractivity contribution < 1.29 is 14.3 Å². The van der Waals surface area contributed by atoms with Gasteiger partial charge in [0.2, 0.25) is 5.91 Å². The first kappa shape index (κ1) is 23.2. The minimum absolute atomic E-state index is 0.00688. The molecule has 1 aliphatic carbocycles. The van der Waals surface area contributed by atoms with Crippen LogP contribution in [0, 0.1) is 0 Å². The van der Waals surface area contributed by atoms with E-state index in [1.807, 2.05) is 41.8 Å². The van der Waals surface area contributed by atoms with Crippen molar-refractivity contribution in [1.82, 2.24) is 14.8 Å². The van der Waals surface area contributed by atoms with Gasteiger partial charge in [-0.2, -0.15) is 0 Å². The van der Waals surface area contributed by atoms with Crippen molar-refractivity contribution >= 4 is 11.8 Å². The second kappa shape index (κ2) is 9.95. The minimum atomic E-state index is -0.971. The van der Waals surface area contributed by atoms with Crippen molar-refractivity contribution in [3.8, 4) is 11.3 Å². The van der Waals surface area contributed by atoms with Gasteiger partial charge in [0.15, 0.2) is 0 Å². The highest BCUT2D eigenvalue weighted by atomic mass is 16.5. The molecule has 1 saturated heterocycles. The molecule has 2 atom stereocenters. The van der Waals surface area contributed by atoms with Crippen LogP contribution in [0.4, 0.5) is 0 Å². The summed E-state index contributed by atoms with van der Waals surface area (Å²) in [5.74, 6) is -0.123. The van der Waals surface area contributed by atoms with Crippen LogP contribution in [0.5, 0.6) is 0 Å². The van der Waals surface area contributed by atoms with Gasteiger partial charge in [0.25, 0.3) is 5.91 Å². The van der Waals surface area contributed by atoms with E-state index in [1.165, 1.54) is 19.3 Å². The number of fused-ring (bicyclic) bond motifs is 1. The summed E-state index contributed by atoms with van der Waals surface area (Å²) in [6.07, 6.45) is 10.0. The van der Waals surface area contributed by atoms with Gasteiger partial charge in [-0.1, -0.05) is 62.4 Å². The maximum Gasteiger partial charge on any atom is 0.271 e. The van der Waals surface area contributed by atoms with Gasteiger partial charge in [-0.15, -0.1) is 0 Å². The zero-order valence-electron chi connectivity index (χ0n) is 20.3. The maximum absolute atomic E-state index is 13.9. The average Bonchev–Trinajstić information content (AvgIpc) is 3.49. The number of hydrogen-bond acceptors (Lipinski definition) is 3. The zero-order chi connectivity index (χ0) is 23.5. The topological polar surface area (TPSA) is 63.6 Å². The molecule has 1 N–H and O–H groups in total. The van der Waals surface area contributed by atoms with Gasteiger partial charge in [0.05, 0.1) is 12.6 Å². The number of benzene rings is 1. The molecule has 6 nitrogen and oxygen atoms in total. The first-order valence-electron chi connectivity index (χ1n) is 13.1. The third-order valence-corrected chi connectivity index (χ3v) is 7.92. The van der Waals surface area contributed by atoms with E-state index in [1.54, 1.807) is 4.90 Å². The highest BCUT2D eigenvalue weighted by Crippen LogP contribution is 2.34. The van der Waals surface area contributed by atoms with Crippen LogP contribution in [0.15, 0.2) is 42.5 Å². The highest BCUT2D eigenvalue weighted by Gasteiger charge is 2.49. The summed E-state index contributed by atoms with van der Waals surface area (Å²) in [5.41, 5.74) is 1.71. The molecule has 0 bridgehead atoms. The Hall–Kier alpha value is -2.60. The van der Waals surface area contributed by atoms with E-state index in [-0.39, 0.29) is 24.0 Å². The van der Waals surface area contributed by atoms with E-state index >= 15 is 0 Å². The third-order valence-electron chi connectivity index (χ3n) is 7.92. The van der Waals surface area contributed by atoms with E-state index in [0.717, 1.165) is 56.4 Å². The van der Waals surface area contributed by atoms with Crippen LogP contribution in [-0.4, -0.2) is 52.1 Å². The normalized spacial score (nSPS) is 26.1. The Morgan fingerprint density at radius 2 is 1.68 bits per heavy atom. The number of carbonyl (C=O) groups excluding carboxylic acids is 2. The standard InChI is InChI=1S/C28H37N3O3/c1-28(27(33)29-22-13-8-3-2-4-9-14-22)20-30-24(21-11-6-5-7-12-21)16-17-25(30)26(32)31(28)19-23-15-10-18-34-23/h5-7,11-12,16-17,22-23H,2-4,8-10,13-15,18-20H2,1H3,(H,29,33). The van der Waals surface area contributed by atoms with E-state index in [9.17, 15) is 9.59 Å². The van der Waals surface area contributed by atoms with E-state index in [4.69, 9.17) is 4.74 Å². The smallest absolute Gasteiger partial charge is 0.271 e. The van der Waals surface area contributed by atoms with Crippen LogP contribution in [0.25, 0.3) is 11.3 Å². The Morgan fingerprint density at radius 1 is 0.971 bits per heavy atom. The summed E-state index contributed by atoms with van der Waals surface area (Å²) in [7, 11) is 0. The molecule has 5 rings (SSSR count). The largest absolute Gasteiger partial charge is 0.376 e. The summed E-state index contributed by atoms with van der Waals surface area (Å²) in [6.45, 7) is 3.57. The van der Waals surface area contributed by atoms with Gasteiger partial charge < -0.3 is 19.5 Å². The lowest BCUT2D eigenvalue weighted by atomic mass is 9.91. The fraction of sp³-hybridized carbons (Fsp3) is 0.571. The Balaban J connectivity index is 1.47. The molecule has 1 aromatic heterocycles. The molecule has 0 spiro atoms. The van der Waals surface area contributed by atoms with Crippen LogP contribution in [0.3, 0.4) is 0 Å². The van der Waals surface area contributed by atoms with Gasteiger partial charge in [0, 0.05) is 24.9 Å². The Morgan fingerprint density at radius 3 is 2.38 bits per heavy atom. The molecule has 6 heteroatoms. The first-order valence-corrected chi connectivity index (χ1v) is 13.1. The molecular formula is C28H37N3O3. The van der Waals surface area contributed by atoms with Gasteiger partial charge >= 0.3 is 0 Å². The van der Waals surface area contributed by atoms with Crippen LogP contribution in [-0.2, 0) is 16.1 Å². The van der Waals surface area contributed by atoms with Crippen molar-refractivity contribution in [3.05, 3.63) is 48.2 Å². The molecule has 2 unspecified atom stereocenters. The van der Waals surface area contributed by atoms with Crippen molar-refractivity contribution in [3.63, 3.8) is 0 Å². The van der Waals surface area contributed by atoms with Crippen molar-refractivity contribution in [2.75, 3.05) is 13.2 Å². The predicted molar refractivity (Wildman–Crippen MR) is 133 cm³/mol. The minimum Gasteiger partial charge on any atom is -0.376 e. The summed E-state index contributed by atoms with van der Waals surface area (Å²) < 4.78 is 7.93. The number of ether oxygens (including phenoxy) is 1. The maximum atomic E-state index is 13.9. The van der Waals surface area contributed by atoms with Gasteiger partial charge in [0.1, 0.15) is 11.2 Å². The molecule has 34 heavy (non-hydrogen) atoms. The molecule has 1 saturated carbocycles. The van der Waals surface area contributed by atoms with Gasteiger partial charge in [-0.3, -0.25) is 9.59 Å². The Bertz CT molecular complexity index is 1000. The number of nitrogens with zero attached hydrogens (tertiary/aromatic N) is 2. The van der Waals surface area contributed by atoms with Gasteiger partial charge in [-0.25, -0.2) is 0 Å². The van der Waals surface area contributed by atoms with Crippen LogP contribution < -0.4 is 5.32 Å². The fourth-order valence-corrected chi connectivity index (χ4v) is 5.85. The van der Waals surface area contributed by atoms with Crippen LogP contribution in [0.1, 0.15) is 75.2 Å². The molecule has 182 valence electrons. The van der Waals surface area contributed by atoms with E-state index in [0.29, 0.717) is 18.8 Å². The lowest BCUT2D eigenvalue weighted by molar-refractivity contribution is -0.134. The first-order chi connectivity index (χ1) is 16.6. The lowest BCUT2D eigenvalue weighted by Crippen LogP contribution is -2.66. The molecule has 1 aromatic carbocycles. The van der Waals surface area contributed by atoms with Crippen molar-refractivity contribution in [2.45, 2.75) is 88.9 Å². The molecule has 0 radical (unpaired) electrons. The summed E-state index contributed by atoms with van der Waals surface area (Å²) in [5, 5.41) is 3.37. The number of nitrogens with one attached hydrogen (secondary N) is 1. The van der Waals surface area contributed by atoms with E-state index in [2.05, 4.69) is 17.4 Å². The number of amides is 2. The number of rotatable bonds is 5. The lowest BCUT2D eigenvalue weighted by Gasteiger charge is -2.45. The number of aromatic nitrogens is 1. The summed E-state index contributed by atoms with van der Waals surface area (Å²) >= 11 is 0. The predicted octanol–water partition coefficient (Wildman–Crippen LogP) is 4.78. The SMILES string of the molecule is CC1(C(=O)NC2CCCCCCC2)Cn2c(ccc2-c2ccccc2)C(=O)N1CC1CCCO1. The highest BCUT2D eigenvalue weighted by molar-refractivity contribution is 6.00. The molecule has 3 heterocycles. The number of carbonyl (C=O) groups is 2. The molecule has 2 aliphatic heterocycles. The van der Waals surface area contributed by atoms with Crippen LogP contribution >= 0.6 is 0 Å². The average molecular weight is 464 g/mol. The third kappa shape index (κ3) is 4.52. The summed E-state index contributed by atoms with van der Waals surface area (Å²) in [6, 6.07) is 14.2. The van der Waals surface area contributed by atoms with Crippen molar-refractivity contribution in [2.24, 2.45) is 0 Å². The molecule has 2 amide bonds. The fourth-order valence-electron chi connectivity index (χ4n) is 5.85. The zero-order valence-corrected chi connectivity index (χ0v) is 20.3.